The summed E-state index contributed by atoms with van der Waals surface area (Å²) in [4.78, 5) is 4.23. The van der Waals surface area contributed by atoms with E-state index >= 15 is 0 Å². The van der Waals surface area contributed by atoms with Gasteiger partial charge < -0.3 is 4.57 Å². The molecule has 0 saturated carbocycles. The third-order valence-electron chi connectivity index (χ3n) is 4.43. The molecule has 4 rings (SSSR count). The average Bonchev–Trinajstić information content (AvgIpc) is 3.20. The highest BCUT2D eigenvalue weighted by molar-refractivity contribution is 6.32. The number of hydrogen-bond donors (Lipinski definition) is 0. The third kappa shape index (κ3) is 3.14. The Balaban J connectivity index is 2.00. The Bertz CT molecular complexity index is 1010. The second kappa shape index (κ2) is 7.36. The molecule has 2 nitrogen and oxygen atoms in total. The van der Waals surface area contributed by atoms with Gasteiger partial charge in [-0.2, -0.15) is 0 Å². The Morgan fingerprint density at radius 1 is 0.769 bits per heavy atom. The molecule has 1 atom stereocenters. The molecule has 0 amide bonds. The van der Waals surface area contributed by atoms with E-state index in [4.69, 9.17) is 23.2 Å². The highest BCUT2D eigenvalue weighted by atomic mass is 35.5. The van der Waals surface area contributed by atoms with Crippen LogP contribution in [-0.4, -0.2) is 9.55 Å². The lowest BCUT2D eigenvalue weighted by atomic mass is 9.90. The van der Waals surface area contributed by atoms with Crippen molar-refractivity contribution in [1.82, 2.24) is 9.55 Å². The Hall–Kier alpha value is -2.55. The van der Waals surface area contributed by atoms with Crippen molar-refractivity contribution in [2.75, 3.05) is 0 Å². The maximum atomic E-state index is 6.72. The van der Waals surface area contributed by atoms with E-state index in [2.05, 4.69) is 23.2 Å². The maximum absolute atomic E-state index is 6.72. The van der Waals surface area contributed by atoms with Crippen LogP contribution < -0.4 is 0 Å². The molecule has 0 fully saturated rings. The summed E-state index contributed by atoms with van der Waals surface area (Å²) >= 11 is 13.3. The number of imidazole rings is 1. The lowest BCUT2D eigenvalue weighted by molar-refractivity contribution is 0.678. The summed E-state index contributed by atoms with van der Waals surface area (Å²) in [7, 11) is 0. The van der Waals surface area contributed by atoms with E-state index in [0.717, 1.165) is 22.3 Å². The quantitative estimate of drug-likeness (QED) is 0.396. The lowest BCUT2D eigenvalue weighted by Crippen LogP contribution is -2.13. The molecule has 4 aromatic rings. The van der Waals surface area contributed by atoms with Gasteiger partial charge in [-0.05, 0) is 28.8 Å². The number of nitrogens with zero attached hydrogens (tertiary/aromatic N) is 2. The highest BCUT2D eigenvalue weighted by Gasteiger charge is 2.24. The predicted molar refractivity (Wildman–Crippen MR) is 108 cm³/mol. The third-order valence-corrected chi connectivity index (χ3v) is 5.11. The first-order valence-electron chi connectivity index (χ1n) is 8.31. The van der Waals surface area contributed by atoms with Crippen molar-refractivity contribution in [3.63, 3.8) is 0 Å². The van der Waals surface area contributed by atoms with Gasteiger partial charge in [-0.15, -0.1) is 0 Å². The molecule has 1 aromatic heterocycles. The molecule has 1 unspecified atom stereocenters. The van der Waals surface area contributed by atoms with E-state index in [1.165, 1.54) is 0 Å². The SMILES string of the molecule is Clc1ccccc1C(c1c(Cl)cccc1-c1ccccc1)n1ccnc1. The summed E-state index contributed by atoms with van der Waals surface area (Å²) in [5.41, 5.74) is 4.18. The first-order valence-corrected chi connectivity index (χ1v) is 9.07. The minimum Gasteiger partial charge on any atom is -0.326 e. The summed E-state index contributed by atoms with van der Waals surface area (Å²) in [5, 5.41) is 1.40. The van der Waals surface area contributed by atoms with Crippen LogP contribution in [0.4, 0.5) is 0 Å². The van der Waals surface area contributed by atoms with Crippen LogP contribution in [-0.2, 0) is 0 Å². The molecule has 0 N–H and O–H groups in total. The zero-order chi connectivity index (χ0) is 17.9. The predicted octanol–water partition coefficient (Wildman–Crippen LogP) is 6.49. The van der Waals surface area contributed by atoms with Crippen molar-refractivity contribution in [2.24, 2.45) is 0 Å². The Morgan fingerprint density at radius 2 is 1.50 bits per heavy atom. The fourth-order valence-electron chi connectivity index (χ4n) is 3.27. The van der Waals surface area contributed by atoms with E-state index in [-0.39, 0.29) is 6.04 Å². The van der Waals surface area contributed by atoms with E-state index in [0.29, 0.717) is 10.0 Å². The molecule has 26 heavy (non-hydrogen) atoms. The molecular formula is C22H16Cl2N2. The molecule has 0 aliphatic heterocycles. The molecule has 4 heteroatoms. The minimum atomic E-state index is -0.171. The standard InChI is InChI=1S/C22H16Cl2N2/c23-19-11-5-4-9-18(19)22(26-14-13-25-15-26)21-17(10-6-12-20(21)24)16-7-2-1-3-8-16/h1-15,22H. The summed E-state index contributed by atoms with van der Waals surface area (Å²) in [6.45, 7) is 0. The number of benzene rings is 3. The molecule has 0 saturated heterocycles. The molecule has 0 radical (unpaired) electrons. The molecule has 0 bridgehead atoms. The average molecular weight is 379 g/mol. The van der Waals surface area contributed by atoms with Crippen molar-refractivity contribution >= 4 is 23.2 Å². The van der Waals surface area contributed by atoms with Crippen molar-refractivity contribution in [1.29, 1.82) is 0 Å². The monoisotopic (exact) mass is 378 g/mol. The van der Waals surface area contributed by atoms with Gasteiger partial charge >= 0.3 is 0 Å². The van der Waals surface area contributed by atoms with Crippen LogP contribution in [0.15, 0.2) is 91.5 Å². The Morgan fingerprint density at radius 3 is 2.23 bits per heavy atom. The van der Waals surface area contributed by atoms with Crippen molar-refractivity contribution in [3.05, 3.63) is 113 Å². The van der Waals surface area contributed by atoms with Crippen LogP contribution in [0.1, 0.15) is 17.2 Å². The summed E-state index contributed by atoms with van der Waals surface area (Å²) in [6.07, 6.45) is 5.50. The van der Waals surface area contributed by atoms with Crippen molar-refractivity contribution in [3.8, 4) is 11.1 Å². The van der Waals surface area contributed by atoms with E-state index in [9.17, 15) is 0 Å². The maximum Gasteiger partial charge on any atom is 0.0954 e. The molecule has 0 aliphatic carbocycles. The molecular weight excluding hydrogens is 363 g/mol. The zero-order valence-corrected chi connectivity index (χ0v) is 15.4. The normalized spacial score (nSPS) is 12.1. The van der Waals surface area contributed by atoms with E-state index in [1.54, 1.807) is 12.5 Å². The van der Waals surface area contributed by atoms with Gasteiger partial charge in [0.1, 0.15) is 0 Å². The zero-order valence-electron chi connectivity index (χ0n) is 13.9. The Kier molecular flexibility index (Phi) is 4.79. The van der Waals surface area contributed by atoms with Crippen LogP contribution in [0.3, 0.4) is 0 Å². The van der Waals surface area contributed by atoms with Crippen LogP contribution in [0, 0.1) is 0 Å². The van der Waals surface area contributed by atoms with Gasteiger partial charge in [0, 0.05) is 28.0 Å². The van der Waals surface area contributed by atoms with Gasteiger partial charge in [0.15, 0.2) is 0 Å². The largest absolute Gasteiger partial charge is 0.326 e. The van der Waals surface area contributed by atoms with Gasteiger partial charge in [0.25, 0.3) is 0 Å². The van der Waals surface area contributed by atoms with E-state index < -0.39 is 0 Å². The fraction of sp³-hybridized carbons (Fsp3) is 0.0455. The van der Waals surface area contributed by atoms with E-state index in [1.807, 2.05) is 65.4 Å². The van der Waals surface area contributed by atoms with Crippen LogP contribution in [0.2, 0.25) is 10.0 Å². The number of aromatic nitrogens is 2. The van der Waals surface area contributed by atoms with Gasteiger partial charge in [-0.3, -0.25) is 0 Å². The molecule has 3 aromatic carbocycles. The Labute approximate surface area is 162 Å². The van der Waals surface area contributed by atoms with Gasteiger partial charge in [0.05, 0.1) is 12.4 Å². The lowest BCUT2D eigenvalue weighted by Gasteiger charge is -2.25. The summed E-state index contributed by atoms with van der Waals surface area (Å²) in [5.74, 6) is 0. The van der Waals surface area contributed by atoms with Gasteiger partial charge in [0.2, 0.25) is 0 Å². The number of hydrogen-bond acceptors (Lipinski definition) is 1. The fourth-order valence-corrected chi connectivity index (χ4v) is 3.79. The minimum absolute atomic E-state index is 0.171. The topological polar surface area (TPSA) is 17.8 Å². The second-order valence-electron chi connectivity index (χ2n) is 6.00. The second-order valence-corrected chi connectivity index (χ2v) is 6.82. The molecule has 1 heterocycles. The number of rotatable bonds is 4. The van der Waals surface area contributed by atoms with Crippen LogP contribution >= 0.6 is 23.2 Å². The summed E-state index contributed by atoms with van der Waals surface area (Å²) < 4.78 is 2.04. The summed E-state index contributed by atoms with van der Waals surface area (Å²) in [6, 6.07) is 23.9. The smallest absolute Gasteiger partial charge is 0.0954 e. The first kappa shape index (κ1) is 16.9. The molecule has 128 valence electrons. The molecule has 0 spiro atoms. The highest BCUT2D eigenvalue weighted by Crippen LogP contribution is 2.40. The van der Waals surface area contributed by atoms with Crippen molar-refractivity contribution < 1.29 is 0 Å². The van der Waals surface area contributed by atoms with Gasteiger partial charge in [-0.25, -0.2) is 4.98 Å². The van der Waals surface area contributed by atoms with Crippen molar-refractivity contribution in [2.45, 2.75) is 6.04 Å². The first-order chi connectivity index (χ1) is 12.8. The molecule has 0 aliphatic rings. The van der Waals surface area contributed by atoms with Gasteiger partial charge in [-0.1, -0.05) is 83.9 Å². The van der Waals surface area contributed by atoms with Crippen LogP contribution in [0.5, 0.6) is 0 Å². The number of halogens is 2. The van der Waals surface area contributed by atoms with Crippen LogP contribution in [0.25, 0.3) is 11.1 Å².